The van der Waals surface area contributed by atoms with Gasteiger partial charge < -0.3 is 15.3 Å². The van der Waals surface area contributed by atoms with Crippen LogP contribution in [0.15, 0.2) is 72.3 Å². The standard InChI is InChI=1S/C32H35Cl2N3O2/c1-32(2)14-13-23(27(20-32)22-7-9-24(33)10-8-22)21-36-15-17-37(18-16-36)25-11-12-26(31(38)39)30(19-25)35-29-6-4-3-5-28(29)34/h3-12,19,35H,13-18,20-21H2,1-2H3,(H,38,39). The van der Waals surface area contributed by atoms with Gasteiger partial charge in [-0.05, 0) is 78.3 Å². The molecule has 0 bridgehead atoms. The highest BCUT2D eigenvalue weighted by Gasteiger charge is 2.29. The Morgan fingerprint density at radius 1 is 0.949 bits per heavy atom. The molecule has 1 aliphatic carbocycles. The van der Waals surface area contributed by atoms with E-state index in [0.717, 1.165) is 56.3 Å². The Bertz CT molecular complexity index is 1380. The Labute approximate surface area is 241 Å². The van der Waals surface area contributed by atoms with Crippen molar-refractivity contribution in [3.63, 3.8) is 0 Å². The molecular weight excluding hydrogens is 529 g/mol. The van der Waals surface area contributed by atoms with E-state index in [2.05, 4.69) is 41.1 Å². The fraction of sp³-hybridized carbons (Fsp3) is 0.344. The third kappa shape index (κ3) is 6.60. The second kappa shape index (κ2) is 11.6. The fourth-order valence-electron chi connectivity index (χ4n) is 5.62. The summed E-state index contributed by atoms with van der Waals surface area (Å²) in [6.45, 7) is 9.38. The highest BCUT2D eigenvalue weighted by molar-refractivity contribution is 6.33. The molecule has 1 heterocycles. The van der Waals surface area contributed by atoms with E-state index < -0.39 is 5.97 Å². The van der Waals surface area contributed by atoms with E-state index in [1.54, 1.807) is 17.7 Å². The fourth-order valence-corrected chi connectivity index (χ4v) is 5.93. The number of benzene rings is 3. The summed E-state index contributed by atoms with van der Waals surface area (Å²) in [7, 11) is 0. The van der Waals surface area contributed by atoms with Crippen LogP contribution in [-0.4, -0.2) is 48.7 Å². The monoisotopic (exact) mass is 563 g/mol. The summed E-state index contributed by atoms with van der Waals surface area (Å²) in [4.78, 5) is 16.8. The lowest BCUT2D eigenvalue weighted by molar-refractivity contribution is 0.0698. The minimum atomic E-state index is -0.971. The second-order valence-corrected chi connectivity index (χ2v) is 12.2. The van der Waals surface area contributed by atoms with Gasteiger partial charge in [-0.3, -0.25) is 4.90 Å². The van der Waals surface area contributed by atoms with Gasteiger partial charge in [0, 0.05) is 43.4 Å². The van der Waals surface area contributed by atoms with Crippen molar-refractivity contribution in [1.82, 2.24) is 4.90 Å². The smallest absolute Gasteiger partial charge is 0.337 e. The van der Waals surface area contributed by atoms with Crippen LogP contribution >= 0.6 is 23.2 Å². The quantitative estimate of drug-likeness (QED) is 0.303. The highest BCUT2D eigenvalue weighted by atomic mass is 35.5. The van der Waals surface area contributed by atoms with Crippen molar-refractivity contribution in [3.05, 3.63) is 93.5 Å². The van der Waals surface area contributed by atoms with E-state index in [4.69, 9.17) is 23.2 Å². The molecule has 2 aliphatic rings. The summed E-state index contributed by atoms with van der Waals surface area (Å²) in [5.41, 5.74) is 7.07. The molecule has 0 saturated carbocycles. The van der Waals surface area contributed by atoms with E-state index in [1.807, 2.05) is 42.5 Å². The van der Waals surface area contributed by atoms with Crippen LogP contribution in [0.1, 0.15) is 49.0 Å². The number of piperazine rings is 1. The van der Waals surface area contributed by atoms with Crippen molar-refractivity contribution < 1.29 is 9.90 Å². The molecule has 1 fully saturated rings. The van der Waals surface area contributed by atoms with Gasteiger partial charge in [-0.15, -0.1) is 0 Å². The van der Waals surface area contributed by atoms with E-state index in [1.165, 1.54) is 17.6 Å². The van der Waals surface area contributed by atoms with Crippen molar-refractivity contribution in [1.29, 1.82) is 0 Å². The number of halogens is 2. The third-order valence-electron chi connectivity index (χ3n) is 7.91. The van der Waals surface area contributed by atoms with Crippen LogP contribution in [0.5, 0.6) is 0 Å². The van der Waals surface area contributed by atoms with Crippen molar-refractivity contribution in [3.8, 4) is 0 Å². The van der Waals surface area contributed by atoms with Gasteiger partial charge in [-0.2, -0.15) is 0 Å². The van der Waals surface area contributed by atoms with Gasteiger partial charge in [0.15, 0.2) is 0 Å². The van der Waals surface area contributed by atoms with E-state index in [9.17, 15) is 9.90 Å². The Kier molecular flexibility index (Phi) is 8.22. The van der Waals surface area contributed by atoms with Crippen LogP contribution in [0.2, 0.25) is 10.0 Å². The molecule has 3 aromatic carbocycles. The van der Waals surface area contributed by atoms with Crippen LogP contribution in [-0.2, 0) is 0 Å². The number of para-hydroxylation sites is 1. The summed E-state index contributed by atoms with van der Waals surface area (Å²) in [6.07, 6.45) is 3.41. The molecule has 5 nitrogen and oxygen atoms in total. The first-order valence-electron chi connectivity index (χ1n) is 13.5. The topological polar surface area (TPSA) is 55.8 Å². The number of allylic oxidation sites excluding steroid dienone is 1. The number of anilines is 3. The van der Waals surface area contributed by atoms with Gasteiger partial charge in [0.2, 0.25) is 0 Å². The number of hydrogen-bond acceptors (Lipinski definition) is 4. The lowest BCUT2D eigenvalue weighted by atomic mass is 9.72. The van der Waals surface area contributed by atoms with Gasteiger partial charge in [-0.25, -0.2) is 4.79 Å². The van der Waals surface area contributed by atoms with E-state index in [-0.39, 0.29) is 5.56 Å². The first kappa shape index (κ1) is 27.6. The summed E-state index contributed by atoms with van der Waals surface area (Å²) in [6, 6.07) is 21.2. The van der Waals surface area contributed by atoms with Gasteiger partial charge >= 0.3 is 5.97 Å². The molecule has 0 atom stereocenters. The van der Waals surface area contributed by atoms with Crippen LogP contribution in [0.3, 0.4) is 0 Å². The SMILES string of the molecule is CC1(C)CCC(CN2CCN(c3ccc(C(=O)O)c(Nc4ccccc4Cl)c3)CC2)=C(c2ccc(Cl)cc2)C1. The average Bonchev–Trinajstić information content (AvgIpc) is 2.91. The van der Waals surface area contributed by atoms with Crippen molar-refractivity contribution in [2.45, 2.75) is 33.1 Å². The lowest BCUT2D eigenvalue weighted by Crippen LogP contribution is -2.47. The Balaban J connectivity index is 1.30. The number of carboxylic acids is 1. The number of rotatable bonds is 7. The van der Waals surface area contributed by atoms with E-state index in [0.29, 0.717) is 21.8 Å². The molecule has 5 rings (SSSR count). The van der Waals surface area contributed by atoms with Crippen molar-refractivity contribution in [2.75, 3.05) is 42.9 Å². The zero-order chi connectivity index (χ0) is 27.6. The number of nitrogens with zero attached hydrogens (tertiary/aromatic N) is 2. The maximum atomic E-state index is 11.9. The molecule has 204 valence electrons. The Morgan fingerprint density at radius 2 is 1.67 bits per heavy atom. The average molecular weight is 565 g/mol. The molecule has 0 radical (unpaired) electrons. The molecule has 1 saturated heterocycles. The molecule has 0 spiro atoms. The highest BCUT2D eigenvalue weighted by Crippen LogP contribution is 2.43. The third-order valence-corrected chi connectivity index (χ3v) is 8.49. The van der Waals surface area contributed by atoms with Crippen LogP contribution in [0, 0.1) is 5.41 Å². The molecule has 2 N–H and O–H groups in total. The molecule has 39 heavy (non-hydrogen) atoms. The normalized spacial score (nSPS) is 17.8. The summed E-state index contributed by atoms with van der Waals surface area (Å²) in [5.74, 6) is -0.971. The molecule has 0 unspecified atom stereocenters. The zero-order valence-electron chi connectivity index (χ0n) is 22.5. The van der Waals surface area contributed by atoms with E-state index >= 15 is 0 Å². The maximum Gasteiger partial charge on any atom is 0.337 e. The van der Waals surface area contributed by atoms with Gasteiger partial charge in [-0.1, -0.05) is 66.9 Å². The minimum absolute atomic E-state index is 0.221. The number of nitrogens with one attached hydrogen (secondary N) is 1. The maximum absolute atomic E-state index is 11.9. The van der Waals surface area contributed by atoms with Gasteiger partial charge in [0.05, 0.1) is 22.0 Å². The number of hydrogen-bond donors (Lipinski definition) is 2. The minimum Gasteiger partial charge on any atom is -0.478 e. The van der Waals surface area contributed by atoms with Crippen LogP contribution in [0.4, 0.5) is 17.1 Å². The number of aromatic carboxylic acids is 1. The number of carbonyl (C=O) groups is 1. The van der Waals surface area contributed by atoms with Crippen molar-refractivity contribution >= 4 is 51.8 Å². The van der Waals surface area contributed by atoms with Gasteiger partial charge in [0.1, 0.15) is 0 Å². The second-order valence-electron chi connectivity index (χ2n) is 11.3. The van der Waals surface area contributed by atoms with Gasteiger partial charge in [0.25, 0.3) is 0 Å². The number of carboxylic acid groups (broad SMARTS) is 1. The molecule has 1 aliphatic heterocycles. The molecule has 7 heteroatoms. The largest absolute Gasteiger partial charge is 0.478 e. The first-order valence-corrected chi connectivity index (χ1v) is 14.3. The molecule has 0 aromatic heterocycles. The molecule has 0 amide bonds. The van der Waals surface area contributed by atoms with Crippen LogP contribution < -0.4 is 10.2 Å². The summed E-state index contributed by atoms with van der Waals surface area (Å²) < 4.78 is 0. The summed E-state index contributed by atoms with van der Waals surface area (Å²) >= 11 is 12.5. The Morgan fingerprint density at radius 3 is 2.36 bits per heavy atom. The molecular formula is C32H35Cl2N3O2. The van der Waals surface area contributed by atoms with Crippen LogP contribution in [0.25, 0.3) is 5.57 Å². The first-order chi connectivity index (χ1) is 18.7. The summed E-state index contributed by atoms with van der Waals surface area (Å²) in [5, 5.41) is 14.3. The lowest BCUT2D eigenvalue weighted by Gasteiger charge is -2.39. The predicted molar refractivity (Wildman–Crippen MR) is 163 cm³/mol. The Hall–Kier alpha value is -2.99. The van der Waals surface area contributed by atoms with Crippen molar-refractivity contribution in [2.24, 2.45) is 5.41 Å². The predicted octanol–water partition coefficient (Wildman–Crippen LogP) is 8.22. The zero-order valence-corrected chi connectivity index (χ0v) is 24.0. The molecule has 3 aromatic rings.